The molecule has 0 atom stereocenters. The van der Waals surface area contributed by atoms with Gasteiger partial charge in [0.25, 0.3) is 11.8 Å². The summed E-state index contributed by atoms with van der Waals surface area (Å²) in [6, 6.07) is 15.9. The number of hydrogen-bond donors (Lipinski definition) is 2. The lowest BCUT2D eigenvalue weighted by molar-refractivity contribution is -0.146. The van der Waals surface area contributed by atoms with Crippen molar-refractivity contribution in [2.45, 2.75) is 0 Å². The molecule has 0 unspecified atom stereocenters. The molecule has 0 bridgehead atoms. The van der Waals surface area contributed by atoms with E-state index in [1.807, 2.05) is 24.3 Å². The zero-order valence-electron chi connectivity index (χ0n) is 15.1. The Balaban J connectivity index is 1.30. The highest BCUT2D eigenvalue weighted by Gasteiger charge is 2.13. The van der Waals surface area contributed by atoms with E-state index in [9.17, 15) is 14.4 Å². The quantitative estimate of drug-likeness (QED) is 0.488. The number of fused-ring (bicyclic) bond motifs is 3. The van der Waals surface area contributed by atoms with Crippen molar-refractivity contribution < 1.29 is 28.0 Å². The largest absolute Gasteiger partial charge is 0.459 e. The molecule has 2 amide bonds. The molecule has 2 aromatic carbocycles. The molecule has 146 valence electrons. The van der Waals surface area contributed by atoms with Crippen LogP contribution in [0.25, 0.3) is 21.9 Å². The third kappa shape index (κ3) is 4.11. The third-order valence-electron chi connectivity index (χ3n) is 4.16. The molecular formula is C21H16N2O6. The Morgan fingerprint density at radius 2 is 1.76 bits per heavy atom. The normalized spacial score (nSPS) is 10.8. The van der Waals surface area contributed by atoms with Crippen LogP contribution < -0.4 is 10.6 Å². The van der Waals surface area contributed by atoms with Crippen LogP contribution in [0.15, 0.2) is 69.7 Å². The molecule has 29 heavy (non-hydrogen) atoms. The maximum Gasteiger partial charge on any atom is 0.325 e. The molecule has 2 heterocycles. The van der Waals surface area contributed by atoms with Gasteiger partial charge in [-0.2, -0.15) is 0 Å². The van der Waals surface area contributed by atoms with E-state index in [0.29, 0.717) is 11.3 Å². The van der Waals surface area contributed by atoms with Crippen molar-refractivity contribution in [2.75, 3.05) is 18.5 Å². The minimum Gasteiger partial charge on any atom is -0.459 e. The molecule has 0 spiro atoms. The van der Waals surface area contributed by atoms with Gasteiger partial charge in [-0.15, -0.1) is 0 Å². The van der Waals surface area contributed by atoms with E-state index < -0.39 is 24.4 Å². The Bertz CT molecular complexity index is 1190. The number of furan rings is 2. The Hall–Kier alpha value is -4.07. The van der Waals surface area contributed by atoms with Gasteiger partial charge < -0.3 is 24.2 Å². The highest BCUT2D eigenvalue weighted by atomic mass is 16.5. The van der Waals surface area contributed by atoms with Gasteiger partial charge in [-0.3, -0.25) is 14.4 Å². The van der Waals surface area contributed by atoms with E-state index in [0.717, 1.165) is 16.4 Å². The maximum absolute atomic E-state index is 12.1. The van der Waals surface area contributed by atoms with Crippen molar-refractivity contribution >= 4 is 45.4 Å². The van der Waals surface area contributed by atoms with E-state index in [1.54, 1.807) is 24.3 Å². The third-order valence-corrected chi connectivity index (χ3v) is 4.16. The van der Waals surface area contributed by atoms with Crippen LogP contribution in [0.4, 0.5) is 5.69 Å². The molecule has 8 nitrogen and oxygen atoms in total. The average molecular weight is 392 g/mol. The lowest BCUT2D eigenvalue weighted by Gasteiger charge is -2.07. The van der Waals surface area contributed by atoms with E-state index in [1.165, 1.54) is 12.3 Å². The topological polar surface area (TPSA) is 111 Å². The van der Waals surface area contributed by atoms with Crippen LogP contribution in [0, 0.1) is 0 Å². The minimum absolute atomic E-state index is 0.0812. The van der Waals surface area contributed by atoms with Crippen molar-refractivity contribution in [3.05, 3.63) is 66.6 Å². The van der Waals surface area contributed by atoms with E-state index in [-0.39, 0.29) is 12.3 Å². The van der Waals surface area contributed by atoms with E-state index in [2.05, 4.69) is 10.6 Å². The number of ether oxygens (including phenoxy) is 1. The summed E-state index contributed by atoms with van der Waals surface area (Å²) in [7, 11) is 0. The summed E-state index contributed by atoms with van der Waals surface area (Å²) in [6.07, 6.45) is 1.35. The van der Waals surface area contributed by atoms with Crippen LogP contribution in [0.1, 0.15) is 10.6 Å². The highest BCUT2D eigenvalue weighted by Crippen LogP contribution is 2.30. The van der Waals surface area contributed by atoms with Crippen LogP contribution in [-0.4, -0.2) is 30.9 Å². The molecule has 0 radical (unpaired) electrons. The predicted molar refractivity (Wildman–Crippen MR) is 104 cm³/mol. The predicted octanol–water partition coefficient (Wildman–Crippen LogP) is 3.09. The van der Waals surface area contributed by atoms with Crippen molar-refractivity contribution in [1.82, 2.24) is 5.32 Å². The summed E-state index contributed by atoms with van der Waals surface area (Å²) >= 11 is 0. The second-order valence-electron chi connectivity index (χ2n) is 6.18. The molecular weight excluding hydrogens is 376 g/mol. The highest BCUT2D eigenvalue weighted by molar-refractivity contribution is 6.07. The van der Waals surface area contributed by atoms with Gasteiger partial charge in [0.1, 0.15) is 17.7 Å². The number of anilines is 1. The lowest BCUT2D eigenvalue weighted by Crippen LogP contribution is -2.32. The number of carbonyl (C=O) groups is 3. The van der Waals surface area contributed by atoms with E-state index in [4.69, 9.17) is 13.6 Å². The molecule has 2 N–H and O–H groups in total. The molecule has 0 saturated carbocycles. The fraction of sp³-hybridized carbons (Fsp3) is 0.0952. The molecule has 0 saturated heterocycles. The first kappa shape index (κ1) is 18.3. The summed E-state index contributed by atoms with van der Waals surface area (Å²) in [6.45, 7) is -0.848. The van der Waals surface area contributed by atoms with Gasteiger partial charge in [-0.1, -0.05) is 18.2 Å². The van der Waals surface area contributed by atoms with Gasteiger partial charge in [0.2, 0.25) is 0 Å². The van der Waals surface area contributed by atoms with Crippen LogP contribution in [-0.2, 0) is 14.3 Å². The second kappa shape index (κ2) is 7.89. The Kier molecular flexibility index (Phi) is 4.98. The SMILES string of the molecule is O=C(COC(=O)CNC(=O)c1ccco1)Nc1ccc2oc3ccccc3c2c1. The van der Waals surface area contributed by atoms with Gasteiger partial charge in [0.05, 0.1) is 6.26 Å². The number of hydrogen-bond acceptors (Lipinski definition) is 6. The zero-order chi connectivity index (χ0) is 20.2. The molecule has 8 heteroatoms. The number of rotatable bonds is 6. The Morgan fingerprint density at radius 3 is 2.59 bits per heavy atom. The van der Waals surface area contributed by atoms with Crippen molar-refractivity contribution in [3.8, 4) is 0 Å². The molecule has 0 aliphatic heterocycles. The number of para-hydroxylation sites is 1. The summed E-state index contributed by atoms with van der Waals surface area (Å²) < 4.78 is 15.5. The summed E-state index contributed by atoms with van der Waals surface area (Å²) in [5.74, 6) is -1.70. The van der Waals surface area contributed by atoms with E-state index >= 15 is 0 Å². The van der Waals surface area contributed by atoms with Crippen LogP contribution in [0.3, 0.4) is 0 Å². The molecule has 0 aliphatic rings. The number of esters is 1. The standard InChI is InChI=1S/C21H16N2O6/c24-19(12-28-20(25)11-22-21(26)18-6-3-9-27-18)23-13-7-8-17-15(10-13)14-4-1-2-5-16(14)29-17/h1-10H,11-12H2,(H,22,26)(H,23,24). The van der Waals surface area contributed by atoms with Gasteiger partial charge in [-0.25, -0.2) is 0 Å². The lowest BCUT2D eigenvalue weighted by atomic mass is 10.1. The summed E-state index contributed by atoms with van der Waals surface area (Å²) in [5, 5.41) is 6.83. The number of amides is 2. The van der Waals surface area contributed by atoms with Crippen molar-refractivity contribution in [1.29, 1.82) is 0 Å². The van der Waals surface area contributed by atoms with Crippen LogP contribution >= 0.6 is 0 Å². The average Bonchev–Trinajstić information content (AvgIpc) is 3.38. The second-order valence-corrected chi connectivity index (χ2v) is 6.18. The van der Waals surface area contributed by atoms with Crippen molar-refractivity contribution in [3.63, 3.8) is 0 Å². The van der Waals surface area contributed by atoms with Gasteiger partial charge in [0.15, 0.2) is 12.4 Å². The monoisotopic (exact) mass is 392 g/mol. The van der Waals surface area contributed by atoms with Gasteiger partial charge in [0, 0.05) is 16.5 Å². The van der Waals surface area contributed by atoms with Gasteiger partial charge >= 0.3 is 5.97 Å². The number of benzene rings is 2. The first-order chi connectivity index (χ1) is 14.1. The molecule has 0 fully saturated rings. The number of carbonyl (C=O) groups excluding carboxylic acids is 3. The fourth-order valence-corrected chi connectivity index (χ4v) is 2.85. The Labute approximate surface area is 164 Å². The smallest absolute Gasteiger partial charge is 0.325 e. The summed E-state index contributed by atoms with van der Waals surface area (Å²) in [4.78, 5) is 35.4. The first-order valence-corrected chi connectivity index (χ1v) is 8.78. The Morgan fingerprint density at radius 1 is 0.931 bits per heavy atom. The van der Waals surface area contributed by atoms with Crippen molar-refractivity contribution in [2.24, 2.45) is 0 Å². The maximum atomic E-state index is 12.1. The fourth-order valence-electron chi connectivity index (χ4n) is 2.85. The van der Waals surface area contributed by atoms with Gasteiger partial charge in [-0.05, 0) is 36.4 Å². The molecule has 4 aromatic rings. The summed E-state index contributed by atoms with van der Waals surface area (Å²) in [5.41, 5.74) is 2.02. The molecule has 4 rings (SSSR count). The molecule has 2 aromatic heterocycles. The minimum atomic E-state index is -0.740. The van der Waals surface area contributed by atoms with Crippen LogP contribution in [0.2, 0.25) is 0 Å². The zero-order valence-corrected chi connectivity index (χ0v) is 15.1. The number of nitrogens with one attached hydrogen (secondary N) is 2. The first-order valence-electron chi connectivity index (χ1n) is 8.78. The van der Waals surface area contributed by atoms with Crippen LogP contribution in [0.5, 0.6) is 0 Å². The molecule has 0 aliphatic carbocycles.